The second-order valence-corrected chi connectivity index (χ2v) is 4.80. The van der Waals surface area contributed by atoms with E-state index >= 15 is 0 Å². The molecule has 114 valence electrons. The Balaban J connectivity index is 2.90. The number of carbonyl (C=O) groups is 1. The Morgan fingerprint density at radius 2 is 2.05 bits per heavy atom. The molecule has 1 aromatic rings. The molecule has 1 aromatic carbocycles. The van der Waals surface area contributed by atoms with Crippen LogP contribution in [-0.2, 0) is 9.53 Å². The Morgan fingerprint density at radius 1 is 1.43 bits per heavy atom. The van der Waals surface area contributed by atoms with Gasteiger partial charge in [-0.1, -0.05) is 23.2 Å². The monoisotopic (exact) mass is 333 g/mol. The zero-order valence-corrected chi connectivity index (χ0v) is 12.9. The fraction of sp³-hybridized carbons (Fsp3) is 0.333. The molecule has 0 aromatic heterocycles. The lowest BCUT2D eigenvalue weighted by atomic mass is 10.2. The van der Waals surface area contributed by atoms with Gasteiger partial charge in [-0.25, -0.2) is 0 Å². The van der Waals surface area contributed by atoms with Crippen molar-refractivity contribution >= 4 is 46.3 Å². The van der Waals surface area contributed by atoms with Crippen LogP contribution in [0.25, 0.3) is 0 Å². The van der Waals surface area contributed by atoms with Crippen molar-refractivity contribution in [2.45, 2.75) is 20.3 Å². The van der Waals surface area contributed by atoms with E-state index in [-0.39, 0.29) is 34.4 Å². The summed E-state index contributed by atoms with van der Waals surface area (Å²) in [6.45, 7) is 3.56. The number of carbonyl (C=O) groups excluding carboxylic acids is 1. The number of anilines is 1. The van der Waals surface area contributed by atoms with Crippen molar-refractivity contribution in [1.82, 2.24) is 0 Å². The first-order valence-corrected chi connectivity index (χ1v) is 6.69. The topological polar surface area (TPSA) is 93.8 Å². The Morgan fingerprint density at radius 3 is 2.62 bits per heavy atom. The maximum Gasteiger partial charge on any atom is 0.311 e. The second kappa shape index (κ2) is 7.80. The van der Waals surface area contributed by atoms with Gasteiger partial charge < -0.3 is 4.74 Å². The fourth-order valence-electron chi connectivity index (χ4n) is 1.39. The molecule has 0 bridgehead atoms. The highest BCUT2D eigenvalue weighted by Gasteiger charge is 2.17. The quantitative estimate of drug-likeness (QED) is 0.371. The number of benzene rings is 1. The largest absolute Gasteiger partial charge is 0.466 e. The van der Waals surface area contributed by atoms with Crippen LogP contribution >= 0.6 is 23.2 Å². The van der Waals surface area contributed by atoms with Gasteiger partial charge >= 0.3 is 5.97 Å². The van der Waals surface area contributed by atoms with Crippen molar-refractivity contribution in [1.29, 1.82) is 0 Å². The summed E-state index contributed by atoms with van der Waals surface area (Å²) in [6, 6.07) is 2.42. The molecule has 0 unspecified atom stereocenters. The Kier molecular flexibility index (Phi) is 6.39. The molecule has 0 aliphatic rings. The molecule has 0 fully saturated rings. The minimum atomic E-state index is -0.610. The van der Waals surface area contributed by atoms with Gasteiger partial charge in [0.05, 0.1) is 28.0 Å². The van der Waals surface area contributed by atoms with Crippen molar-refractivity contribution in [2.24, 2.45) is 5.10 Å². The second-order valence-electron chi connectivity index (χ2n) is 3.98. The normalized spacial score (nSPS) is 11.1. The molecule has 0 aliphatic carbocycles. The molecule has 0 aliphatic heterocycles. The molecule has 7 nitrogen and oxygen atoms in total. The third-order valence-corrected chi connectivity index (χ3v) is 3.03. The smallest absolute Gasteiger partial charge is 0.311 e. The van der Waals surface area contributed by atoms with Crippen LogP contribution in [0.5, 0.6) is 0 Å². The lowest BCUT2D eigenvalue weighted by Gasteiger charge is -2.06. The summed E-state index contributed by atoms with van der Waals surface area (Å²) < 4.78 is 4.77. The average Bonchev–Trinajstić information content (AvgIpc) is 2.39. The highest BCUT2D eigenvalue weighted by atomic mass is 35.5. The van der Waals surface area contributed by atoms with E-state index in [1.165, 1.54) is 6.07 Å². The number of halogens is 2. The Labute approximate surface area is 131 Å². The minimum Gasteiger partial charge on any atom is -0.466 e. The molecule has 0 saturated heterocycles. The molecular formula is C12H13Cl2N3O4. The first kappa shape index (κ1) is 17.2. The highest BCUT2D eigenvalue weighted by Crippen LogP contribution is 2.33. The van der Waals surface area contributed by atoms with E-state index < -0.39 is 10.9 Å². The number of rotatable bonds is 6. The first-order valence-electron chi connectivity index (χ1n) is 5.93. The number of hydrogen-bond donors (Lipinski definition) is 1. The molecule has 1 N–H and O–H groups in total. The van der Waals surface area contributed by atoms with Crippen molar-refractivity contribution in [2.75, 3.05) is 12.0 Å². The molecule has 21 heavy (non-hydrogen) atoms. The van der Waals surface area contributed by atoms with Crippen LogP contribution in [0.1, 0.15) is 20.3 Å². The van der Waals surface area contributed by atoms with E-state index in [1.54, 1.807) is 13.8 Å². The van der Waals surface area contributed by atoms with Crippen LogP contribution in [0.2, 0.25) is 10.0 Å². The number of ether oxygens (including phenoxy) is 1. The van der Waals surface area contributed by atoms with E-state index in [0.717, 1.165) is 6.07 Å². The molecule has 0 radical (unpaired) electrons. The van der Waals surface area contributed by atoms with Gasteiger partial charge in [-0.2, -0.15) is 5.10 Å². The summed E-state index contributed by atoms with van der Waals surface area (Å²) in [4.78, 5) is 21.6. The van der Waals surface area contributed by atoms with E-state index in [2.05, 4.69) is 10.5 Å². The number of nitro benzene ring substituents is 1. The number of hydrogen-bond acceptors (Lipinski definition) is 6. The van der Waals surface area contributed by atoms with Gasteiger partial charge in [-0.15, -0.1) is 0 Å². The molecule has 0 atom stereocenters. The predicted octanol–water partition coefficient (Wildman–Crippen LogP) is 3.64. The fourth-order valence-corrected chi connectivity index (χ4v) is 1.71. The highest BCUT2D eigenvalue weighted by molar-refractivity contribution is 6.42. The summed E-state index contributed by atoms with van der Waals surface area (Å²) in [5.41, 5.74) is 2.73. The predicted molar refractivity (Wildman–Crippen MR) is 81.1 cm³/mol. The number of nitro groups is 1. The van der Waals surface area contributed by atoms with Gasteiger partial charge in [0.15, 0.2) is 0 Å². The Hall–Kier alpha value is -1.86. The van der Waals surface area contributed by atoms with Crippen molar-refractivity contribution in [3.63, 3.8) is 0 Å². The summed E-state index contributed by atoms with van der Waals surface area (Å²) in [7, 11) is 0. The molecular weight excluding hydrogens is 321 g/mol. The van der Waals surface area contributed by atoms with Gasteiger partial charge in [0.2, 0.25) is 0 Å². The zero-order chi connectivity index (χ0) is 16.0. The maximum atomic E-state index is 11.3. The molecule has 1 rings (SSSR count). The SMILES string of the molecule is CCOC(=O)CC(C)=NNc1cc(Cl)c(Cl)cc1[N+](=O)[O-]. The average molecular weight is 334 g/mol. The van der Waals surface area contributed by atoms with Crippen LogP contribution in [0.4, 0.5) is 11.4 Å². The number of esters is 1. The first-order chi connectivity index (χ1) is 9.85. The van der Waals surface area contributed by atoms with Crippen LogP contribution in [0, 0.1) is 10.1 Å². The van der Waals surface area contributed by atoms with E-state index in [9.17, 15) is 14.9 Å². The van der Waals surface area contributed by atoms with Gasteiger partial charge in [-0.05, 0) is 19.9 Å². The summed E-state index contributed by atoms with van der Waals surface area (Å²) in [6.07, 6.45) is -0.0179. The van der Waals surface area contributed by atoms with Gasteiger partial charge in [-0.3, -0.25) is 20.3 Å². The van der Waals surface area contributed by atoms with Gasteiger partial charge in [0, 0.05) is 11.8 Å². The lowest BCUT2D eigenvalue weighted by molar-refractivity contribution is -0.383. The molecule has 0 amide bonds. The van der Waals surface area contributed by atoms with Crippen LogP contribution in [-0.4, -0.2) is 23.2 Å². The van der Waals surface area contributed by atoms with Crippen molar-refractivity contribution in [3.05, 3.63) is 32.3 Å². The van der Waals surface area contributed by atoms with Gasteiger partial charge in [0.1, 0.15) is 5.69 Å². The van der Waals surface area contributed by atoms with Crippen LogP contribution in [0.3, 0.4) is 0 Å². The minimum absolute atomic E-state index is 0.0179. The number of hydrazone groups is 1. The van der Waals surface area contributed by atoms with Crippen LogP contribution in [0.15, 0.2) is 17.2 Å². The van der Waals surface area contributed by atoms with Crippen LogP contribution < -0.4 is 5.43 Å². The van der Waals surface area contributed by atoms with E-state index in [1.807, 2.05) is 0 Å². The van der Waals surface area contributed by atoms with E-state index in [0.29, 0.717) is 5.71 Å². The van der Waals surface area contributed by atoms with E-state index in [4.69, 9.17) is 27.9 Å². The molecule has 0 saturated carbocycles. The summed E-state index contributed by atoms with van der Waals surface area (Å²) in [5.74, 6) is -0.427. The molecule has 0 spiro atoms. The summed E-state index contributed by atoms with van der Waals surface area (Å²) in [5, 5.41) is 15.1. The van der Waals surface area contributed by atoms with Crippen molar-refractivity contribution in [3.8, 4) is 0 Å². The number of nitrogens with zero attached hydrogens (tertiary/aromatic N) is 2. The molecule has 0 heterocycles. The van der Waals surface area contributed by atoms with Crippen molar-refractivity contribution < 1.29 is 14.5 Å². The third kappa shape index (κ3) is 5.20. The number of nitrogens with one attached hydrogen (secondary N) is 1. The molecule has 9 heteroatoms. The third-order valence-electron chi connectivity index (χ3n) is 2.31. The maximum absolute atomic E-state index is 11.3. The standard InChI is InChI=1S/C12H13Cl2N3O4/c1-3-21-12(18)4-7(2)15-16-10-5-8(13)9(14)6-11(10)17(19)20/h5-6,16H,3-4H2,1-2H3. The summed E-state index contributed by atoms with van der Waals surface area (Å²) >= 11 is 11.5. The zero-order valence-electron chi connectivity index (χ0n) is 11.4. The Bertz CT molecular complexity index is 590. The van der Waals surface area contributed by atoms with Gasteiger partial charge in [0.25, 0.3) is 5.69 Å². The lowest BCUT2D eigenvalue weighted by Crippen LogP contribution is -2.10.